The standard InChI is InChI=1S/C18H21N3O6/c1-25-18(12-22)9-7-15(27-18)21-10-8-14(19-16(21)23)20-17(24)26-11-13-5-3-2-4-6-13/h2-6,8,10,15,22H,7,9,11-12H2,1H3,(H,19,20,23,24). The van der Waals surface area contributed by atoms with E-state index in [2.05, 4.69) is 10.3 Å². The van der Waals surface area contributed by atoms with Crippen molar-refractivity contribution in [1.29, 1.82) is 0 Å². The van der Waals surface area contributed by atoms with Crippen LogP contribution in [0, 0.1) is 0 Å². The van der Waals surface area contributed by atoms with E-state index in [1.165, 1.54) is 23.9 Å². The molecule has 2 heterocycles. The summed E-state index contributed by atoms with van der Waals surface area (Å²) in [6, 6.07) is 10.7. The predicted octanol–water partition coefficient (Wildman–Crippen LogP) is 1.64. The molecule has 27 heavy (non-hydrogen) atoms. The molecular weight excluding hydrogens is 354 g/mol. The lowest BCUT2D eigenvalue weighted by atomic mass is 10.2. The van der Waals surface area contributed by atoms with E-state index >= 15 is 0 Å². The Balaban J connectivity index is 1.60. The smallest absolute Gasteiger partial charge is 0.413 e. The number of anilines is 1. The Morgan fingerprint density at radius 2 is 2.19 bits per heavy atom. The van der Waals surface area contributed by atoms with E-state index in [-0.39, 0.29) is 19.0 Å². The number of hydrogen-bond acceptors (Lipinski definition) is 7. The molecule has 1 saturated heterocycles. The number of methoxy groups -OCH3 is 1. The number of nitrogens with zero attached hydrogens (tertiary/aromatic N) is 2. The van der Waals surface area contributed by atoms with E-state index in [0.29, 0.717) is 12.8 Å². The molecule has 1 amide bonds. The predicted molar refractivity (Wildman–Crippen MR) is 94.9 cm³/mol. The highest BCUT2D eigenvalue weighted by atomic mass is 16.7. The van der Waals surface area contributed by atoms with Crippen molar-refractivity contribution in [3.63, 3.8) is 0 Å². The van der Waals surface area contributed by atoms with Crippen molar-refractivity contribution in [2.75, 3.05) is 19.0 Å². The highest BCUT2D eigenvalue weighted by Gasteiger charge is 2.41. The first-order valence-corrected chi connectivity index (χ1v) is 8.46. The lowest BCUT2D eigenvalue weighted by Gasteiger charge is -2.25. The van der Waals surface area contributed by atoms with Crippen LogP contribution in [0.4, 0.5) is 10.6 Å². The Labute approximate surface area is 155 Å². The minimum absolute atomic E-state index is 0.0764. The molecule has 1 aromatic carbocycles. The van der Waals surface area contributed by atoms with Gasteiger partial charge in [-0.2, -0.15) is 4.98 Å². The number of hydrogen-bond donors (Lipinski definition) is 2. The summed E-state index contributed by atoms with van der Waals surface area (Å²) in [7, 11) is 1.44. The van der Waals surface area contributed by atoms with Gasteiger partial charge in [-0.1, -0.05) is 30.3 Å². The van der Waals surface area contributed by atoms with Gasteiger partial charge < -0.3 is 19.3 Å². The van der Waals surface area contributed by atoms with Gasteiger partial charge in [-0.15, -0.1) is 0 Å². The molecule has 3 rings (SSSR count). The van der Waals surface area contributed by atoms with E-state index < -0.39 is 23.8 Å². The van der Waals surface area contributed by atoms with Gasteiger partial charge in [-0.05, 0) is 18.1 Å². The molecule has 2 unspecified atom stereocenters. The zero-order valence-corrected chi connectivity index (χ0v) is 14.8. The maximum Gasteiger partial charge on any atom is 0.413 e. The van der Waals surface area contributed by atoms with E-state index in [1.54, 1.807) is 0 Å². The lowest BCUT2D eigenvalue weighted by molar-refractivity contribution is -0.242. The number of carbonyl (C=O) groups excluding carboxylic acids is 1. The third kappa shape index (κ3) is 4.51. The first-order chi connectivity index (χ1) is 13.0. The van der Waals surface area contributed by atoms with Gasteiger partial charge in [0.05, 0.1) is 6.61 Å². The van der Waals surface area contributed by atoms with Crippen molar-refractivity contribution in [2.24, 2.45) is 0 Å². The summed E-state index contributed by atoms with van der Waals surface area (Å²) in [6.07, 6.45) is 1.09. The van der Waals surface area contributed by atoms with Gasteiger partial charge in [0.25, 0.3) is 0 Å². The number of nitrogens with one attached hydrogen (secondary N) is 1. The second kappa shape index (κ2) is 8.30. The van der Waals surface area contributed by atoms with Crippen LogP contribution in [0.2, 0.25) is 0 Å². The maximum atomic E-state index is 12.3. The van der Waals surface area contributed by atoms with Gasteiger partial charge in [-0.3, -0.25) is 9.88 Å². The van der Waals surface area contributed by atoms with Gasteiger partial charge in [0, 0.05) is 19.7 Å². The highest BCUT2D eigenvalue weighted by Crippen LogP contribution is 2.35. The molecule has 0 aliphatic carbocycles. The summed E-state index contributed by atoms with van der Waals surface area (Å²) in [4.78, 5) is 27.9. The van der Waals surface area contributed by atoms with Crippen LogP contribution < -0.4 is 11.0 Å². The van der Waals surface area contributed by atoms with Crippen LogP contribution in [0.25, 0.3) is 0 Å². The summed E-state index contributed by atoms with van der Waals surface area (Å²) in [5, 5.41) is 11.8. The second-order valence-corrected chi connectivity index (χ2v) is 6.07. The van der Waals surface area contributed by atoms with Crippen LogP contribution in [0.3, 0.4) is 0 Å². The van der Waals surface area contributed by atoms with Crippen molar-refractivity contribution in [3.05, 3.63) is 58.6 Å². The Hall–Kier alpha value is -2.75. The molecule has 0 spiro atoms. The van der Waals surface area contributed by atoms with E-state index in [1.807, 2.05) is 30.3 Å². The molecule has 0 saturated carbocycles. The topological polar surface area (TPSA) is 112 Å². The lowest BCUT2D eigenvalue weighted by Crippen LogP contribution is -2.36. The van der Waals surface area contributed by atoms with E-state index in [4.69, 9.17) is 14.2 Å². The largest absolute Gasteiger partial charge is 0.444 e. The fraction of sp³-hybridized carbons (Fsp3) is 0.389. The van der Waals surface area contributed by atoms with Crippen molar-refractivity contribution in [2.45, 2.75) is 31.5 Å². The van der Waals surface area contributed by atoms with Crippen LogP contribution in [0.5, 0.6) is 0 Å². The van der Waals surface area contributed by atoms with Crippen molar-refractivity contribution in [1.82, 2.24) is 9.55 Å². The quantitative estimate of drug-likeness (QED) is 0.789. The number of rotatable bonds is 6. The molecule has 144 valence electrons. The number of aliphatic hydroxyl groups is 1. The molecule has 1 aliphatic rings. The first-order valence-electron chi connectivity index (χ1n) is 8.46. The Morgan fingerprint density at radius 3 is 2.81 bits per heavy atom. The van der Waals surface area contributed by atoms with Gasteiger partial charge in [-0.25, -0.2) is 9.59 Å². The van der Waals surface area contributed by atoms with Gasteiger partial charge in [0.1, 0.15) is 18.7 Å². The monoisotopic (exact) mass is 375 g/mol. The number of carbonyl (C=O) groups is 1. The average molecular weight is 375 g/mol. The zero-order valence-electron chi connectivity index (χ0n) is 14.8. The fourth-order valence-electron chi connectivity index (χ4n) is 2.80. The molecule has 2 atom stereocenters. The SMILES string of the molecule is COC1(CO)CCC(n2ccc(NC(=O)OCc3ccccc3)nc2=O)O1. The summed E-state index contributed by atoms with van der Waals surface area (Å²) < 4.78 is 17.2. The van der Waals surface area contributed by atoms with Crippen molar-refractivity contribution >= 4 is 11.9 Å². The molecule has 1 fully saturated rings. The minimum Gasteiger partial charge on any atom is -0.444 e. The van der Waals surface area contributed by atoms with Crippen LogP contribution in [0.1, 0.15) is 24.6 Å². The number of ether oxygens (including phenoxy) is 3. The maximum absolute atomic E-state index is 12.3. The summed E-state index contributed by atoms with van der Waals surface area (Å²) in [5.41, 5.74) is 0.255. The molecule has 9 heteroatoms. The molecule has 2 aromatic rings. The summed E-state index contributed by atoms with van der Waals surface area (Å²) in [5.74, 6) is -1.03. The average Bonchev–Trinajstić information content (AvgIpc) is 3.12. The molecule has 0 radical (unpaired) electrons. The van der Waals surface area contributed by atoms with Crippen molar-refractivity contribution < 1.29 is 24.1 Å². The third-order valence-corrected chi connectivity index (χ3v) is 4.32. The zero-order chi connectivity index (χ0) is 19.3. The summed E-state index contributed by atoms with van der Waals surface area (Å²) in [6.45, 7) is -0.199. The van der Waals surface area contributed by atoms with Crippen LogP contribution in [-0.2, 0) is 20.8 Å². The molecule has 1 aliphatic heterocycles. The second-order valence-electron chi connectivity index (χ2n) is 6.07. The minimum atomic E-state index is -1.11. The van der Waals surface area contributed by atoms with Gasteiger partial charge in [0.2, 0.25) is 0 Å². The van der Waals surface area contributed by atoms with Crippen molar-refractivity contribution in [3.8, 4) is 0 Å². The third-order valence-electron chi connectivity index (χ3n) is 4.32. The number of aromatic nitrogens is 2. The Kier molecular flexibility index (Phi) is 5.84. The Bertz CT molecular complexity index is 834. The Morgan fingerprint density at radius 1 is 1.41 bits per heavy atom. The molecule has 9 nitrogen and oxygen atoms in total. The first kappa shape index (κ1) is 19.0. The molecule has 0 bridgehead atoms. The fourth-order valence-corrected chi connectivity index (χ4v) is 2.80. The molecular formula is C18H21N3O6. The van der Waals surface area contributed by atoms with Crippen LogP contribution in [0.15, 0.2) is 47.4 Å². The van der Waals surface area contributed by atoms with Crippen LogP contribution >= 0.6 is 0 Å². The summed E-state index contributed by atoms with van der Waals surface area (Å²) >= 11 is 0. The molecule has 2 N–H and O–H groups in total. The number of amides is 1. The van der Waals surface area contributed by atoms with E-state index in [9.17, 15) is 14.7 Å². The number of benzene rings is 1. The van der Waals surface area contributed by atoms with Gasteiger partial charge in [0.15, 0.2) is 5.79 Å². The normalized spacial score (nSPS) is 21.8. The highest BCUT2D eigenvalue weighted by molar-refractivity contribution is 5.83. The molecule has 1 aromatic heterocycles. The van der Waals surface area contributed by atoms with Crippen LogP contribution in [-0.4, -0.2) is 40.3 Å². The van der Waals surface area contributed by atoms with Gasteiger partial charge >= 0.3 is 11.8 Å². The van der Waals surface area contributed by atoms with E-state index in [0.717, 1.165) is 5.56 Å². The number of aliphatic hydroxyl groups excluding tert-OH is 1.